The average molecular weight is 306 g/mol. The van der Waals surface area contributed by atoms with Gasteiger partial charge < -0.3 is 10.2 Å². The van der Waals surface area contributed by atoms with Crippen LogP contribution in [-0.2, 0) is 0 Å². The quantitative estimate of drug-likeness (QED) is 0.815. The second-order valence-corrected chi connectivity index (χ2v) is 7.24. The van der Waals surface area contributed by atoms with Crippen LogP contribution < -0.4 is 10.2 Å². The molecule has 124 valence electrons. The maximum absolute atomic E-state index is 14.5. The van der Waals surface area contributed by atoms with Crippen LogP contribution in [0.2, 0.25) is 0 Å². The molecule has 1 heterocycles. The highest BCUT2D eigenvalue weighted by atomic mass is 19.1. The van der Waals surface area contributed by atoms with Crippen LogP contribution in [-0.4, -0.2) is 19.6 Å². The molecule has 1 atom stereocenters. The van der Waals surface area contributed by atoms with Crippen LogP contribution in [0.25, 0.3) is 0 Å². The van der Waals surface area contributed by atoms with Gasteiger partial charge in [-0.25, -0.2) is 4.39 Å². The largest absolute Gasteiger partial charge is 0.369 e. The third-order valence-corrected chi connectivity index (χ3v) is 4.77. The lowest BCUT2D eigenvalue weighted by atomic mass is 9.98. The van der Waals surface area contributed by atoms with E-state index < -0.39 is 0 Å². The summed E-state index contributed by atoms with van der Waals surface area (Å²) in [5.74, 6) is 1.38. The second-order valence-electron chi connectivity index (χ2n) is 7.24. The van der Waals surface area contributed by atoms with E-state index in [2.05, 4.69) is 44.0 Å². The molecule has 2 rings (SSSR count). The zero-order valence-electron chi connectivity index (χ0n) is 14.5. The van der Waals surface area contributed by atoms with E-state index in [1.54, 1.807) is 6.07 Å². The summed E-state index contributed by atoms with van der Waals surface area (Å²) in [4.78, 5) is 2.19. The van der Waals surface area contributed by atoms with Crippen LogP contribution in [0.5, 0.6) is 0 Å². The Bertz CT molecular complexity index is 465. The van der Waals surface area contributed by atoms with Gasteiger partial charge in [0.2, 0.25) is 0 Å². The van der Waals surface area contributed by atoms with Crippen LogP contribution >= 0.6 is 0 Å². The molecular weight excluding hydrogens is 275 g/mol. The number of nitrogens with zero attached hydrogens (tertiary/aromatic N) is 1. The Hall–Kier alpha value is -1.09. The van der Waals surface area contributed by atoms with Gasteiger partial charge in [-0.15, -0.1) is 0 Å². The number of halogens is 1. The third kappa shape index (κ3) is 4.70. The number of piperidine rings is 1. The predicted molar refractivity (Wildman–Crippen MR) is 92.9 cm³/mol. The lowest BCUT2D eigenvalue weighted by Crippen LogP contribution is -2.33. The minimum absolute atomic E-state index is 0.0791. The van der Waals surface area contributed by atoms with E-state index in [1.807, 2.05) is 6.07 Å². The molecule has 0 bridgehead atoms. The molecule has 1 saturated heterocycles. The van der Waals surface area contributed by atoms with Crippen molar-refractivity contribution in [2.45, 2.75) is 53.0 Å². The van der Waals surface area contributed by atoms with E-state index in [9.17, 15) is 4.39 Å². The normalized spacial score (nSPS) is 18.0. The highest BCUT2D eigenvalue weighted by Gasteiger charge is 2.19. The number of hydrogen-bond acceptors (Lipinski definition) is 2. The van der Waals surface area contributed by atoms with E-state index in [-0.39, 0.29) is 11.9 Å². The Morgan fingerprint density at radius 3 is 2.50 bits per heavy atom. The molecule has 1 aliphatic heterocycles. The summed E-state index contributed by atoms with van der Waals surface area (Å²) < 4.78 is 14.5. The monoisotopic (exact) mass is 306 g/mol. The molecule has 0 aromatic heterocycles. The lowest BCUT2D eigenvalue weighted by molar-refractivity contribution is 0.434. The fourth-order valence-electron chi connectivity index (χ4n) is 3.00. The van der Waals surface area contributed by atoms with Crippen LogP contribution in [0.4, 0.5) is 10.1 Å². The van der Waals surface area contributed by atoms with Crippen LogP contribution in [0.15, 0.2) is 18.2 Å². The fourth-order valence-corrected chi connectivity index (χ4v) is 3.00. The van der Waals surface area contributed by atoms with E-state index >= 15 is 0 Å². The van der Waals surface area contributed by atoms with Crippen molar-refractivity contribution in [2.24, 2.45) is 11.8 Å². The second kappa shape index (κ2) is 7.96. The Labute approximate surface area is 135 Å². The molecule has 0 aliphatic carbocycles. The minimum Gasteiger partial charge on any atom is -0.369 e. The van der Waals surface area contributed by atoms with Crippen molar-refractivity contribution in [3.8, 4) is 0 Å². The van der Waals surface area contributed by atoms with E-state index in [0.29, 0.717) is 5.92 Å². The highest BCUT2D eigenvalue weighted by Crippen LogP contribution is 2.27. The van der Waals surface area contributed by atoms with Gasteiger partial charge in [-0.1, -0.05) is 26.8 Å². The zero-order chi connectivity index (χ0) is 16.1. The van der Waals surface area contributed by atoms with Gasteiger partial charge in [-0.2, -0.15) is 0 Å². The van der Waals surface area contributed by atoms with Crippen LogP contribution in [0, 0.1) is 17.7 Å². The Kier molecular flexibility index (Phi) is 6.25. The van der Waals surface area contributed by atoms with E-state index in [1.165, 1.54) is 0 Å². The van der Waals surface area contributed by atoms with Gasteiger partial charge in [0.05, 0.1) is 5.69 Å². The first-order valence-electron chi connectivity index (χ1n) is 8.75. The average Bonchev–Trinajstić information content (AvgIpc) is 2.48. The van der Waals surface area contributed by atoms with Gasteiger partial charge in [0.15, 0.2) is 0 Å². The summed E-state index contributed by atoms with van der Waals surface area (Å²) in [6, 6.07) is 5.94. The third-order valence-electron chi connectivity index (χ3n) is 4.77. The topological polar surface area (TPSA) is 15.3 Å². The molecule has 0 amide bonds. The van der Waals surface area contributed by atoms with Crippen LogP contribution in [0.1, 0.15) is 58.6 Å². The molecular formula is C19H31FN2. The van der Waals surface area contributed by atoms with Crippen molar-refractivity contribution >= 4 is 5.69 Å². The molecule has 0 unspecified atom stereocenters. The Balaban J connectivity index is 1.96. The molecule has 1 fully saturated rings. The summed E-state index contributed by atoms with van der Waals surface area (Å²) >= 11 is 0. The van der Waals surface area contributed by atoms with Gasteiger partial charge in [0.25, 0.3) is 0 Å². The molecule has 22 heavy (non-hydrogen) atoms. The van der Waals surface area contributed by atoms with E-state index in [4.69, 9.17) is 0 Å². The van der Waals surface area contributed by atoms with Crippen molar-refractivity contribution in [1.29, 1.82) is 0 Å². The van der Waals surface area contributed by atoms with Crippen molar-refractivity contribution in [1.82, 2.24) is 5.32 Å². The molecule has 0 radical (unpaired) electrons. The fraction of sp³-hybridized carbons (Fsp3) is 0.684. The summed E-state index contributed by atoms with van der Waals surface area (Å²) in [5.41, 5.74) is 1.81. The molecule has 1 aliphatic rings. The van der Waals surface area contributed by atoms with Crippen molar-refractivity contribution in [2.75, 3.05) is 24.5 Å². The molecule has 1 aromatic carbocycles. The maximum atomic E-state index is 14.5. The Morgan fingerprint density at radius 1 is 1.23 bits per heavy atom. The number of hydrogen-bond donors (Lipinski definition) is 1. The number of nitrogens with one attached hydrogen (secondary N) is 1. The van der Waals surface area contributed by atoms with Crippen molar-refractivity contribution in [3.63, 3.8) is 0 Å². The Morgan fingerprint density at radius 2 is 1.91 bits per heavy atom. The zero-order valence-corrected chi connectivity index (χ0v) is 14.5. The molecule has 2 nitrogen and oxygen atoms in total. The summed E-state index contributed by atoms with van der Waals surface area (Å²) in [5, 5.41) is 3.48. The number of anilines is 1. The first-order chi connectivity index (χ1) is 10.5. The molecule has 1 aromatic rings. The van der Waals surface area contributed by atoms with Gasteiger partial charge in [0.1, 0.15) is 5.82 Å². The minimum atomic E-state index is -0.0791. The molecule has 1 N–H and O–H groups in total. The lowest BCUT2D eigenvalue weighted by Gasteiger charge is -2.32. The maximum Gasteiger partial charge on any atom is 0.146 e. The first-order valence-corrected chi connectivity index (χ1v) is 8.75. The molecule has 0 saturated carbocycles. The smallest absolute Gasteiger partial charge is 0.146 e. The van der Waals surface area contributed by atoms with Gasteiger partial charge >= 0.3 is 0 Å². The first kappa shape index (κ1) is 17.3. The van der Waals surface area contributed by atoms with Crippen molar-refractivity contribution < 1.29 is 4.39 Å². The highest BCUT2D eigenvalue weighted by molar-refractivity contribution is 5.50. The summed E-state index contributed by atoms with van der Waals surface area (Å²) in [6.45, 7) is 11.8. The molecule has 0 spiro atoms. The SMILES string of the molecule is CC(C)CCN[C@H](C)c1ccc(N2CCC(C)CC2)c(F)c1. The van der Waals surface area contributed by atoms with Gasteiger partial charge in [-0.05, 0) is 62.3 Å². The molecule has 3 heteroatoms. The van der Waals surface area contributed by atoms with Crippen LogP contribution in [0.3, 0.4) is 0 Å². The van der Waals surface area contributed by atoms with E-state index in [0.717, 1.165) is 56.1 Å². The standard InChI is InChI=1S/C19H31FN2/c1-14(2)7-10-21-16(4)17-5-6-19(18(20)13-17)22-11-8-15(3)9-12-22/h5-6,13-16,21H,7-12H2,1-4H3/t16-/m1/s1. The number of rotatable bonds is 6. The summed E-state index contributed by atoms with van der Waals surface area (Å²) in [7, 11) is 0. The number of benzene rings is 1. The van der Waals surface area contributed by atoms with Gasteiger partial charge in [-0.3, -0.25) is 0 Å². The van der Waals surface area contributed by atoms with Gasteiger partial charge in [0, 0.05) is 19.1 Å². The predicted octanol–water partition coefficient (Wildman–Crippen LogP) is 4.76. The van der Waals surface area contributed by atoms with Crippen molar-refractivity contribution in [3.05, 3.63) is 29.6 Å². The summed E-state index contributed by atoms with van der Waals surface area (Å²) in [6.07, 6.45) is 3.47.